The third-order valence-electron chi connectivity index (χ3n) is 4.42. The van der Waals surface area contributed by atoms with Crippen LogP contribution in [0, 0.1) is 5.82 Å². The van der Waals surface area contributed by atoms with Crippen molar-refractivity contribution in [2.24, 2.45) is 0 Å². The molecule has 1 fully saturated rings. The molecular weight excluding hydrogens is 325 g/mol. The van der Waals surface area contributed by atoms with Gasteiger partial charge in [0.2, 0.25) is 0 Å². The van der Waals surface area contributed by atoms with Crippen molar-refractivity contribution in [3.8, 4) is 5.75 Å². The molecule has 1 saturated heterocycles. The zero-order valence-electron chi connectivity index (χ0n) is 13.4. The van der Waals surface area contributed by atoms with Gasteiger partial charge in [-0.05, 0) is 37.1 Å². The van der Waals surface area contributed by atoms with Gasteiger partial charge in [-0.25, -0.2) is 9.29 Å². The number of halogens is 1. The number of hydrogen-bond acceptors (Lipinski definition) is 4. The number of benzene rings is 2. The molecule has 0 aromatic heterocycles. The van der Waals surface area contributed by atoms with Crippen LogP contribution >= 0.6 is 0 Å². The number of imide groups is 1. The first-order chi connectivity index (χ1) is 12.2. The predicted molar refractivity (Wildman–Crippen MR) is 88.5 cm³/mol. The number of nitrogens with zero attached hydrogens (tertiary/aromatic N) is 1. The smallest absolute Gasteiger partial charge is 0.266 e. The van der Waals surface area contributed by atoms with Crippen molar-refractivity contribution in [3.63, 3.8) is 0 Å². The molecule has 2 aromatic rings. The molecule has 0 aliphatic carbocycles. The lowest BCUT2D eigenvalue weighted by molar-refractivity contribution is 0.0666. The summed E-state index contributed by atoms with van der Waals surface area (Å²) in [7, 11) is 0. The van der Waals surface area contributed by atoms with Crippen molar-refractivity contribution < 1.29 is 23.5 Å². The van der Waals surface area contributed by atoms with Gasteiger partial charge in [0, 0.05) is 6.61 Å². The number of fused-ring (bicyclic) bond motifs is 1. The molecule has 0 N–H and O–H groups in total. The van der Waals surface area contributed by atoms with E-state index < -0.39 is 17.6 Å². The number of rotatable bonds is 4. The Morgan fingerprint density at radius 1 is 1.08 bits per heavy atom. The van der Waals surface area contributed by atoms with Gasteiger partial charge in [0.15, 0.2) is 11.6 Å². The van der Waals surface area contributed by atoms with Crippen LogP contribution in [-0.4, -0.2) is 31.1 Å². The molecule has 1 unspecified atom stereocenters. The SMILES string of the molecule is O=C1c2ccccc2C(=O)N1c1cccc(F)c1OCC1CCCO1. The van der Waals surface area contributed by atoms with E-state index in [1.54, 1.807) is 24.3 Å². The van der Waals surface area contributed by atoms with Crippen LogP contribution in [0.3, 0.4) is 0 Å². The minimum absolute atomic E-state index is 0.102. The van der Waals surface area contributed by atoms with Crippen molar-refractivity contribution in [1.82, 2.24) is 0 Å². The molecule has 5 nitrogen and oxygen atoms in total. The molecule has 25 heavy (non-hydrogen) atoms. The summed E-state index contributed by atoms with van der Waals surface area (Å²) in [5.41, 5.74) is 0.730. The molecule has 6 heteroatoms. The van der Waals surface area contributed by atoms with E-state index in [4.69, 9.17) is 9.47 Å². The highest BCUT2D eigenvalue weighted by Crippen LogP contribution is 2.36. The second-order valence-electron chi connectivity index (χ2n) is 6.03. The zero-order valence-corrected chi connectivity index (χ0v) is 13.4. The van der Waals surface area contributed by atoms with Gasteiger partial charge in [-0.1, -0.05) is 18.2 Å². The lowest BCUT2D eigenvalue weighted by Crippen LogP contribution is -2.30. The highest BCUT2D eigenvalue weighted by molar-refractivity contribution is 6.34. The Hall–Kier alpha value is -2.73. The monoisotopic (exact) mass is 341 g/mol. The number of amides is 2. The van der Waals surface area contributed by atoms with E-state index in [9.17, 15) is 14.0 Å². The Labute approximate surface area is 144 Å². The van der Waals surface area contributed by atoms with Gasteiger partial charge in [0.05, 0.1) is 22.9 Å². The van der Waals surface area contributed by atoms with Crippen LogP contribution in [0.5, 0.6) is 5.75 Å². The standard InChI is InChI=1S/C19H16FNO4/c20-15-8-3-9-16(17(15)25-11-12-5-4-10-24-12)21-18(22)13-6-1-2-7-14(13)19(21)23/h1-3,6-9,12H,4-5,10-11H2. The van der Waals surface area contributed by atoms with E-state index in [2.05, 4.69) is 0 Å². The normalized spacial score (nSPS) is 19.4. The lowest BCUT2D eigenvalue weighted by Gasteiger charge is -2.20. The molecule has 2 aromatic carbocycles. The van der Waals surface area contributed by atoms with Crippen molar-refractivity contribution >= 4 is 17.5 Å². The summed E-state index contributed by atoms with van der Waals surface area (Å²) in [5, 5.41) is 0. The van der Waals surface area contributed by atoms with E-state index in [-0.39, 0.29) is 24.1 Å². The number of carbonyl (C=O) groups is 2. The van der Waals surface area contributed by atoms with E-state index in [1.807, 2.05) is 0 Å². The van der Waals surface area contributed by atoms with E-state index >= 15 is 0 Å². The van der Waals surface area contributed by atoms with Crippen molar-refractivity contribution in [1.29, 1.82) is 0 Å². The van der Waals surface area contributed by atoms with E-state index in [0.29, 0.717) is 17.7 Å². The molecule has 2 heterocycles. The predicted octanol–water partition coefficient (Wildman–Crippen LogP) is 3.18. The number of anilines is 1. The first kappa shape index (κ1) is 15.8. The number of carbonyl (C=O) groups excluding carboxylic acids is 2. The van der Waals surface area contributed by atoms with Crippen LogP contribution in [-0.2, 0) is 4.74 Å². The van der Waals surface area contributed by atoms with Crippen LogP contribution in [0.4, 0.5) is 10.1 Å². The molecule has 0 spiro atoms. The maximum atomic E-state index is 14.3. The fraction of sp³-hybridized carbons (Fsp3) is 0.263. The van der Waals surface area contributed by atoms with Crippen molar-refractivity contribution in [3.05, 3.63) is 59.4 Å². The number of hydrogen-bond donors (Lipinski definition) is 0. The van der Waals surface area contributed by atoms with Crippen LogP contribution < -0.4 is 9.64 Å². The average Bonchev–Trinajstić information content (AvgIpc) is 3.22. The van der Waals surface area contributed by atoms with Crippen LogP contribution in [0.15, 0.2) is 42.5 Å². The second-order valence-corrected chi connectivity index (χ2v) is 6.03. The van der Waals surface area contributed by atoms with E-state index in [0.717, 1.165) is 17.7 Å². The summed E-state index contributed by atoms with van der Waals surface area (Å²) in [4.78, 5) is 26.2. The highest BCUT2D eigenvalue weighted by Gasteiger charge is 2.38. The fourth-order valence-electron chi connectivity index (χ4n) is 3.18. The Bertz CT molecular complexity index is 810. The third kappa shape index (κ3) is 2.68. The molecule has 128 valence electrons. The molecule has 0 radical (unpaired) electrons. The molecule has 2 aliphatic rings. The number of ether oxygens (including phenoxy) is 2. The van der Waals surface area contributed by atoms with Crippen LogP contribution in [0.2, 0.25) is 0 Å². The van der Waals surface area contributed by atoms with Gasteiger partial charge < -0.3 is 9.47 Å². The summed E-state index contributed by atoms with van der Waals surface area (Å²) < 4.78 is 25.4. The summed E-state index contributed by atoms with van der Waals surface area (Å²) in [5.74, 6) is -1.68. The maximum Gasteiger partial charge on any atom is 0.266 e. The maximum absolute atomic E-state index is 14.3. The second kappa shape index (κ2) is 6.29. The van der Waals surface area contributed by atoms with Gasteiger partial charge in [-0.15, -0.1) is 0 Å². The molecule has 2 amide bonds. The molecular formula is C19H16FNO4. The molecule has 0 bridgehead atoms. The highest BCUT2D eigenvalue weighted by atomic mass is 19.1. The quantitative estimate of drug-likeness (QED) is 0.802. The molecule has 1 atom stereocenters. The summed E-state index contributed by atoms with van der Waals surface area (Å²) >= 11 is 0. The van der Waals surface area contributed by atoms with Gasteiger partial charge in [0.25, 0.3) is 11.8 Å². The largest absolute Gasteiger partial charge is 0.486 e. The van der Waals surface area contributed by atoms with Crippen molar-refractivity contribution in [2.45, 2.75) is 18.9 Å². The first-order valence-corrected chi connectivity index (χ1v) is 8.17. The first-order valence-electron chi connectivity index (χ1n) is 8.17. The Morgan fingerprint density at radius 3 is 2.44 bits per heavy atom. The third-order valence-corrected chi connectivity index (χ3v) is 4.42. The summed E-state index contributed by atoms with van der Waals surface area (Å²) in [6.45, 7) is 0.841. The Morgan fingerprint density at radius 2 is 1.80 bits per heavy atom. The van der Waals surface area contributed by atoms with E-state index in [1.165, 1.54) is 18.2 Å². The minimum Gasteiger partial charge on any atom is -0.486 e. The van der Waals surface area contributed by atoms with Gasteiger partial charge in [-0.2, -0.15) is 0 Å². The van der Waals surface area contributed by atoms with Gasteiger partial charge >= 0.3 is 0 Å². The number of para-hydroxylation sites is 1. The van der Waals surface area contributed by atoms with Gasteiger partial charge in [0.1, 0.15) is 6.61 Å². The Kier molecular flexibility index (Phi) is 3.97. The fourth-order valence-corrected chi connectivity index (χ4v) is 3.18. The topological polar surface area (TPSA) is 55.8 Å². The Balaban J connectivity index is 1.68. The summed E-state index contributed by atoms with van der Waals surface area (Å²) in [6.07, 6.45) is 1.68. The van der Waals surface area contributed by atoms with Crippen LogP contribution in [0.1, 0.15) is 33.6 Å². The summed E-state index contributed by atoms with van der Waals surface area (Å²) in [6, 6.07) is 10.8. The molecule has 2 aliphatic heterocycles. The molecule has 0 saturated carbocycles. The van der Waals surface area contributed by atoms with Crippen molar-refractivity contribution in [2.75, 3.05) is 18.1 Å². The minimum atomic E-state index is -0.618. The zero-order chi connectivity index (χ0) is 17.4. The average molecular weight is 341 g/mol. The van der Waals surface area contributed by atoms with Gasteiger partial charge in [-0.3, -0.25) is 9.59 Å². The van der Waals surface area contributed by atoms with Crippen LogP contribution in [0.25, 0.3) is 0 Å². The molecule has 4 rings (SSSR count). The lowest BCUT2D eigenvalue weighted by atomic mass is 10.1.